The second-order valence-corrected chi connectivity index (χ2v) is 7.89. The van der Waals surface area contributed by atoms with Gasteiger partial charge in [0.2, 0.25) is 0 Å². The molecule has 1 aromatic rings. The van der Waals surface area contributed by atoms with Crippen molar-refractivity contribution in [3.63, 3.8) is 0 Å². The Morgan fingerprint density at radius 1 is 1.33 bits per heavy atom. The second kappa shape index (κ2) is 8.94. The lowest BCUT2D eigenvalue weighted by atomic mass is 10.0. The number of amides is 1. The molecule has 0 spiro atoms. The average Bonchev–Trinajstić information content (AvgIpc) is 2.76. The van der Waals surface area contributed by atoms with E-state index in [0.717, 1.165) is 36.0 Å². The smallest absolute Gasteiger partial charge is 0.261 e. The maximum Gasteiger partial charge on any atom is 0.261 e. The predicted octanol–water partition coefficient (Wildman–Crippen LogP) is 4.95. The Morgan fingerprint density at radius 3 is 2.90 bits per heavy atom. The number of alkyl halides is 1. The summed E-state index contributed by atoms with van der Waals surface area (Å²) in [4.78, 5) is 14.7. The molecule has 1 heterocycles. The number of rotatable bonds is 7. The number of hydrogen-bond donors (Lipinski definition) is 1. The number of hydrogen-bond acceptors (Lipinski definition) is 2. The van der Waals surface area contributed by atoms with Gasteiger partial charge in [0.1, 0.15) is 0 Å². The van der Waals surface area contributed by atoms with Crippen molar-refractivity contribution in [1.82, 2.24) is 5.32 Å². The Kier molecular flexibility index (Phi) is 7.24. The molecule has 0 fully saturated rings. The van der Waals surface area contributed by atoms with Crippen LogP contribution < -0.4 is 5.32 Å². The Balaban J connectivity index is 1.91. The summed E-state index contributed by atoms with van der Waals surface area (Å²) in [5.74, 6) is 0.722. The topological polar surface area (TPSA) is 29.1 Å². The summed E-state index contributed by atoms with van der Waals surface area (Å²) < 4.78 is 0. The van der Waals surface area contributed by atoms with Crippen molar-refractivity contribution in [2.75, 3.05) is 11.9 Å². The Labute approximate surface area is 140 Å². The van der Waals surface area contributed by atoms with Crippen LogP contribution in [0.15, 0.2) is 6.07 Å². The average molecular weight is 372 g/mol. The van der Waals surface area contributed by atoms with Crippen molar-refractivity contribution in [3.05, 3.63) is 21.4 Å². The van der Waals surface area contributed by atoms with Crippen molar-refractivity contribution in [2.24, 2.45) is 5.92 Å². The highest BCUT2D eigenvalue weighted by Gasteiger charge is 2.17. The fourth-order valence-corrected chi connectivity index (χ4v) is 4.83. The third kappa shape index (κ3) is 5.10. The molecule has 2 nitrogen and oxygen atoms in total. The van der Waals surface area contributed by atoms with Gasteiger partial charge in [-0.2, -0.15) is 0 Å². The lowest BCUT2D eigenvalue weighted by molar-refractivity contribution is 0.0950. The maximum absolute atomic E-state index is 12.3. The number of thiophene rings is 1. The van der Waals surface area contributed by atoms with Crippen molar-refractivity contribution >= 4 is 33.2 Å². The zero-order valence-corrected chi connectivity index (χ0v) is 15.3. The first-order valence-electron chi connectivity index (χ1n) is 8.20. The predicted molar refractivity (Wildman–Crippen MR) is 94.7 cm³/mol. The van der Waals surface area contributed by atoms with Gasteiger partial charge in [-0.15, -0.1) is 11.3 Å². The van der Waals surface area contributed by atoms with E-state index < -0.39 is 0 Å². The lowest BCUT2D eigenvalue weighted by Gasteiger charge is -2.15. The van der Waals surface area contributed by atoms with Crippen LogP contribution >= 0.6 is 27.3 Å². The van der Waals surface area contributed by atoms with E-state index in [9.17, 15) is 4.79 Å². The van der Waals surface area contributed by atoms with E-state index in [1.807, 2.05) is 0 Å². The number of halogens is 1. The first kappa shape index (κ1) is 17.0. The molecular formula is C17H26BrNOS. The highest BCUT2D eigenvalue weighted by molar-refractivity contribution is 9.09. The Hall–Kier alpha value is -0.350. The van der Waals surface area contributed by atoms with Crippen LogP contribution in [0.4, 0.5) is 0 Å². The summed E-state index contributed by atoms with van der Waals surface area (Å²) in [6.07, 6.45) is 9.69. The molecule has 0 aliphatic heterocycles. The molecule has 1 unspecified atom stereocenters. The zero-order chi connectivity index (χ0) is 15.1. The van der Waals surface area contributed by atoms with Gasteiger partial charge in [0.15, 0.2) is 0 Å². The van der Waals surface area contributed by atoms with E-state index in [4.69, 9.17) is 0 Å². The first-order chi connectivity index (χ1) is 10.2. The molecule has 0 radical (unpaired) electrons. The first-order valence-corrected chi connectivity index (χ1v) is 10.1. The Bertz CT molecular complexity index is 428. The quantitative estimate of drug-likeness (QED) is 0.533. The molecule has 0 aromatic carbocycles. The van der Waals surface area contributed by atoms with Crippen LogP contribution in [0, 0.1) is 5.92 Å². The van der Waals surface area contributed by atoms with Crippen LogP contribution in [0.1, 0.15) is 65.6 Å². The van der Waals surface area contributed by atoms with Crippen molar-refractivity contribution in [1.29, 1.82) is 0 Å². The summed E-state index contributed by atoms with van der Waals surface area (Å²) >= 11 is 5.22. The SMILES string of the molecule is CCCC(CCBr)CNC(=O)c1cc2c(s1)CCCCC2. The minimum atomic E-state index is 0.128. The standard InChI is InChI=1S/C17H26BrNOS/c1-2-6-13(9-10-18)12-19-17(20)16-11-14-7-4-3-5-8-15(14)21-16/h11,13H,2-10,12H2,1H3,(H,19,20). The summed E-state index contributed by atoms with van der Waals surface area (Å²) in [5, 5.41) is 4.16. The number of aryl methyl sites for hydroxylation is 2. The number of carbonyl (C=O) groups is 1. The number of fused-ring (bicyclic) bond motifs is 1. The monoisotopic (exact) mass is 371 g/mol. The van der Waals surface area contributed by atoms with E-state index in [0.29, 0.717) is 5.92 Å². The Morgan fingerprint density at radius 2 is 2.14 bits per heavy atom. The van der Waals surface area contributed by atoms with Crippen LogP contribution in [0.25, 0.3) is 0 Å². The highest BCUT2D eigenvalue weighted by atomic mass is 79.9. The lowest BCUT2D eigenvalue weighted by Crippen LogP contribution is -2.29. The van der Waals surface area contributed by atoms with Crippen LogP contribution in [0.2, 0.25) is 0 Å². The maximum atomic E-state index is 12.3. The van der Waals surface area contributed by atoms with Crippen LogP contribution in [0.5, 0.6) is 0 Å². The normalized spacial score (nSPS) is 16.1. The fraction of sp³-hybridized carbons (Fsp3) is 0.706. The van der Waals surface area contributed by atoms with Crippen molar-refractivity contribution in [3.8, 4) is 0 Å². The van der Waals surface area contributed by atoms with Crippen LogP contribution in [-0.4, -0.2) is 17.8 Å². The zero-order valence-electron chi connectivity index (χ0n) is 12.9. The van der Waals surface area contributed by atoms with Crippen molar-refractivity contribution < 1.29 is 4.79 Å². The molecule has 0 saturated carbocycles. The minimum Gasteiger partial charge on any atom is -0.351 e. The van der Waals surface area contributed by atoms with Gasteiger partial charge in [0, 0.05) is 16.8 Å². The molecule has 2 rings (SSSR count). The van der Waals surface area contributed by atoms with Crippen LogP contribution in [-0.2, 0) is 12.8 Å². The summed E-state index contributed by atoms with van der Waals surface area (Å²) in [6.45, 7) is 3.01. The van der Waals surface area contributed by atoms with Gasteiger partial charge in [-0.1, -0.05) is 35.7 Å². The molecule has 0 saturated heterocycles. The number of nitrogens with one attached hydrogen (secondary N) is 1. The second-order valence-electron chi connectivity index (χ2n) is 5.96. The fourth-order valence-electron chi connectivity index (χ4n) is 3.01. The van der Waals surface area contributed by atoms with E-state index in [-0.39, 0.29) is 5.91 Å². The molecule has 118 valence electrons. The van der Waals surface area contributed by atoms with Crippen molar-refractivity contribution in [2.45, 2.75) is 58.3 Å². The molecular weight excluding hydrogens is 346 g/mol. The van der Waals surface area contributed by atoms with Gasteiger partial charge in [-0.05, 0) is 56.1 Å². The number of carbonyl (C=O) groups excluding carboxylic acids is 1. The largest absolute Gasteiger partial charge is 0.351 e. The third-order valence-corrected chi connectivity index (χ3v) is 5.93. The van der Waals surface area contributed by atoms with Gasteiger partial charge >= 0.3 is 0 Å². The van der Waals surface area contributed by atoms with E-state index in [1.54, 1.807) is 11.3 Å². The van der Waals surface area contributed by atoms with Gasteiger partial charge in [-0.25, -0.2) is 0 Å². The third-order valence-electron chi connectivity index (χ3n) is 4.24. The summed E-state index contributed by atoms with van der Waals surface area (Å²) in [7, 11) is 0. The van der Waals surface area contributed by atoms with E-state index in [1.165, 1.54) is 42.5 Å². The molecule has 1 amide bonds. The summed E-state index contributed by atoms with van der Waals surface area (Å²) in [6, 6.07) is 2.14. The van der Waals surface area contributed by atoms with Gasteiger partial charge in [0.25, 0.3) is 5.91 Å². The van der Waals surface area contributed by atoms with Gasteiger partial charge < -0.3 is 5.32 Å². The van der Waals surface area contributed by atoms with Gasteiger partial charge in [-0.3, -0.25) is 4.79 Å². The molecule has 1 aromatic heterocycles. The minimum absolute atomic E-state index is 0.128. The van der Waals surface area contributed by atoms with E-state index in [2.05, 4.69) is 34.2 Å². The van der Waals surface area contributed by atoms with Gasteiger partial charge in [0.05, 0.1) is 4.88 Å². The molecule has 21 heavy (non-hydrogen) atoms. The molecule has 0 bridgehead atoms. The highest BCUT2D eigenvalue weighted by Crippen LogP contribution is 2.29. The molecule has 1 atom stereocenters. The summed E-state index contributed by atoms with van der Waals surface area (Å²) in [5.41, 5.74) is 1.42. The molecule has 1 aliphatic carbocycles. The molecule has 1 aliphatic rings. The molecule has 4 heteroatoms. The van der Waals surface area contributed by atoms with Crippen LogP contribution in [0.3, 0.4) is 0 Å². The van der Waals surface area contributed by atoms with E-state index >= 15 is 0 Å². The molecule has 1 N–H and O–H groups in total.